The largest absolute Gasteiger partial charge is 0.346 e. The van der Waals surface area contributed by atoms with Crippen molar-refractivity contribution in [1.82, 2.24) is 10.3 Å². The van der Waals surface area contributed by atoms with Crippen LogP contribution in [0.1, 0.15) is 12.0 Å². The quantitative estimate of drug-likeness (QED) is 0.621. The third-order valence-corrected chi connectivity index (χ3v) is 5.08. The molecule has 1 aliphatic rings. The number of nitro groups is 1. The van der Waals surface area contributed by atoms with Gasteiger partial charge in [-0.25, -0.2) is 9.37 Å². The van der Waals surface area contributed by atoms with Gasteiger partial charge in [0.1, 0.15) is 12.0 Å². The van der Waals surface area contributed by atoms with E-state index in [-0.39, 0.29) is 29.3 Å². The van der Waals surface area contributed by atoms with Gasteiger partial charge < -0.3 is 10.2 Å². The van der Waals surface area contributed by atoms with E-state index < -0.39 is 4.92 Å². The molecule has 1 aromatic heterocycles. The summed E-state index contributed by atoms with van der Waals surface area (Å²) in [6, 6.07) is 4.59. The van der Waals surface area contributed by atoms with E-state index in [9.17, 15) is 14.5 Å². The van der Waals surface area contributed by atoms with Gasteiger partial charge in [0.2, 0.25) is 0 Å². The fourth-order valence-corrected chi connectivity index (χ4v) is 3.51. The normalized spacial score (nSPS) is 16.9. The van der Waals surface area contributed by atoms with Crippen LogP contribution in [0.5, 0.6) is 0 Å². The molecule has 0 aliphatic carbocycles. The van der Waals surface area contributed by atoms with E-state index in [1.165, 1.54) is 18.3 Å². The average Bonchev–Trinajstić information content (AvgIpc) is 3.15. The molecule has 3 rings (SSSR count). The van der Waals surface area contributed by atoms with Crippen LogP contribution in [-0.4, -0.2) is 29.0 Å². The third kappa shape index (κ3) is 4.32. The van der Waals surface area contributed by atoms with Crippen LogP contribution in [-0.2, 0) is 6.54 Å². The van der Waals surface area contributed by atoms with Crippen molar-refractivity contribution in [1.29, 1.82) is 0 Å². The first kappa shape index (κ1) is 18.9. The molecule has 130 valence electrons. The fraction of sp³-hybridized carbons (Fsp3) is 0.357. The van der Waals surface area contributed by atoms with Crippen molar-refractivity contribution in [3.8, 4) is 0 Å². The fourth-order valence-electron chi connectivity index (χ4n) is 2.51. The Labute approximate surface area is 153 Å². The Morgan fingerprint density at radius 3 is 3.00 bits per heavy atom. The summed E-state index contributed by atoms with van der Waals surface area (Å²) in [7, 11) is 0. The second-order valence-corrected chi connectivity index (χ2v) is 6.68. The molecular formula is C14H15Cl2FN4O2S. The molecule has 1 atom stereocenters. The summed E-state index contributed by atoms with van der Waals surface area (Å²) in [6.45, 7) is 2.07. The van der Waals surface area contributed by atoms with E-state index in [0.717, 1.165) is 36.4 Å². The lowest BCUT2D eigenvalue weighted by atomic mass is 10.2. The van der Waals surface area contributed by atoms with E-state index in [1.54, 1.807) is 6.07 Å². The van der Waals surface area contributed by atoms with Gasteiger partial charge in [-0.05, 0) is 35.5 Å². The maximum Gasteiger partial charge on any atom is 0.345 e. The van der Waals surface area contributed by atoms with Crippen molar-refractivity contribution >= 4 is 45.5 Å². The summed E-state index contributed by atoms with van der Waals surface area (Å²) in [4.78, 5) is 16.4. The van der Waals surface area contributed by atoms with Crippen molar-refractivity contribution in [3.63, 3.8) is 0 Å². The van der Waals surface area contributed by atoms with Gasteiger partial charge in [0, 0.05) is 30.7 Å². The highest BCUT2D eigenvalue weighted by atomic mass is 35.5. The van der Waals surface area contributed by atoms with E-state index in [1.807, 2.05) is 4.90 Å². The molecule has 0 saturated carbocycles. The Kier molecular flexibility index (Phi) is 6.34. The molecule has 6 nitrogen and oxygen atoms in total. The zero-order chi connectivity index (χ0) is 16.4. The molecule has 2 aromatic rings. The van der Waals surface area contributed by atoms with Crippen LogP contribution in [0.4, 0.5) is 14.5 Å². The highest BCUT2D eigenvalue weighted by Crippen LogP contribution is 2.30. The smallest absolute Gasteiger partial charge is 0.345 e. The molecule has 24 heavy (non-hydrogen) atoms. The molecule has 1 saturated heterocycles. The molecule has 0 radical (unpaired) electrons. The van der Waals surface area contributed by atoms with Gasteiger partial charge in [-0.3, -0.25) is 10.1 Å². The van der Waals surface area contributed by atoms with E-state index in [2.05, 4.69) is 10.3 Å². The Balaban J connectivity index is 0.00000208. The standard InChI is InChI=1S/C14H14ClFN4O2S.ClH/c15-12-5-10(16)2-1-9(12)6-17-11-3-4-19(8-11)14-18-7-13(23-14)20(21)22;/h1-2,5,7,11,17H,3-4,6,8H2;1H. The Morgan fingerprint density at radius 1 is 1.54 bits per heavy atom. The Bertz CT molecular complexity index is 731. The molecule has 0 bridgehead atoms. The molecule has 1 fully saturated rings. The lowest BCUT2D eigenvalue weighted by Crippen LogP contribution is -2.32. The van der Waals surface area contributed by atoms with Gasteiger partial charge in [-0.15, -0.1) is 12.4 Å². The van der Waals surface area contributed by atoms with Gasteiger partial charge in [-0.1, -0.05) is 17.7 Å². The second kappa shape index (κ2) is 8.06. The van der Waals surface area contributed by atoms with Crippen molar-refractivity contribution in [3.05, 3.63) is 50.9 Å². The van der Waals surface area contributed by atoms with E-state index in [4.69, 9.17) is 11.6 Å². The molecule has 1 N–H and O–H groups in total. The SMILES string of the molecule is Cl.O=[N+]([O-])c1cnc(N2CCC(NCc3ccc(F)cc3Cl)C2)s1. The predicted octanol–water partition coefficient (Wildman–Crippen LogP) is 3.63. The minimum Gasteiger partial charge on any atom is -0.346 e. The van der Waals surface area contributed by atoms with Crippen LogP contribution in [0, 0.1) is 15.9 Å². The number of nitrogens with zero attached hydrogens (tertiary/aromatic N) is 3. The van der Waals surface area contributed by atoms with Crippen molar-refractivity contribution in [2.75, 3.05) is 18.0 Å². The number of nitrogens with one attached hydrogen (secondary N) is 1. The van der Waals surface area contributed by atoms with Crippen molar-refractivity contribution in [2.45, 2.75) is 19.0 Å². The van der Waals surface area contributed by atoms with Gasteiger partial charge in [0.05, 0.1) is 4.92 Å². The first-order chi connectivity index (χ1) is 11.0. The summed E-state index contributed by atoms with van der Waals surface area (Å²) >= 11 is 7.09. The van der Waals surface area contributed by atoms with Gasteiger partial charge in [-0.2, -0.15) is 0 Å². The zero-order valence-electron chi connectivity index (χ0n) is 12.4. The minimum atomic E-state index is -0.427. The monoisotopic (exact) mass is 392 g/mol. The zero-order valence-corrected chi connectivity index (χ0v) is 14.8. The minimum absolute atomic E-state index is 0. The van der Waals surface area contributed by atoms with Crippen LogP contribution in [0.25, 0.3) is 0 Å². The van der Waals surface area contributed by atoms with Gasteiger partial charge >= 0.3 is 5.00 Å². The molecular weight excluding hydrogens is 378 g/mol. The van der Waals surface area contributed by atoms with Gasteiger partial charge in [0.25, 0.3) is 0 Å². The Hall–Kier alpha value is -1.48. The molecule has 1 aromatic carbocycles. The topological polar surface area (TPSA) is 71.3 Å². The first-order valence-electron chi connectivity index (χ1n) is 7.05. The van der Waals surface area contributed by atoms with Crippen molar-refractivity contribution in [2.24, 2.45) is 0 Å². The van der Waals surface area contributed by atoms with E-state index in [0.29, 0.717) is 16.7 Å². The summed E-state index contributed by atoms with van der Waals surface area (Å²) in [5, 5.41) is 15.2. The highest BCUT2D eigenvalue weighted by Gasteiger charge is 2.26. The number of halogens is 3. The molecule has 2 heterocycles. The second-order valence-electron chi connectivity index (χ2n) is 5.29. The number of anilines is 1. The molecule has 0 amide bonds. The summed E-state index contributed by atoms with van der Waals surface area (Å²) in [5.74, 6) is -0.351. The first-order valence-corrected chi connectivity index (χ1v) is 8.25. The van der Waals surface area contributed by atoms with E-state index >= 15 is 0 Å². The van der Waals surface area contributed by atoms with Crippen LogP contribution in [0.3, 0.4) is 0 Å². The predicted molar refractivity (Wildman–Crippen MR) is 94.9 cm³/mol. The van der Waals surface area contributed by atoms with Crippen molar-refractivity contribution < 1.29 is 9.31 Å². The highest BCUT2D eigenvalue weighted by molar-refractivity contribution is 7.18. The molecule has 1 aliphatic heterocycles. The number of aromatic nitrogens is 1. The maximum atomic E-state index is 13.0. The van der Waals surface area contributed by atoms with Crippen LogP contribution in [0.15, 0.2) is 24.4 Å². The maximum absolute atomic E-state index is 13.0. The average molecular weight is 393 g/mol. The summed E-state index contributed by atoms with van der Waals surface area (Å²) in [6.07, 6.45) is 2.20. The number of benzene rings is 1. The number of hydrogen-bond acceptors (Lipinski definition) is 6. The van der Waals surface area contributed by atoms with Crippen LogP contribution < -0.4 is 10.2 Å². The third-order valence-electron chi connectivity index (χ3n) is 3.72. The Morgan fingerprint density at radius 2 is 2.33 bits per heavy atom. The number of thiazole rings is 1. The lowest BCUT2D eigenvalue weighted by molar-refractivity contribution is -0.380. The van der Waals surface area contributed by atoms with Crippen LogP contribution >= 0.6 is 35.3 Å². The molecule has 0 spiro atoms. The number of rotatable bonds is 5. The van der Waals surface area contributed by atoms with Gasteiger partial charge in [0.15, 0.2) is 5.13 Å². The van der Waals surface area contributed by atoms with Crippen LogP contribution in [0.2, 0.25) is 5.02 Å². The summed E-state index contributed by atoms with van der Waals surface area (Å²) < 4.78 is 13.0. The molecule has 1 unspecified atom stereocenters. The lowest BCUT2D eigenvalue weighted by Gasteiger charge is -2.16. The molecule has 10 heteroatoms. The number of hydrogen-bond donors (Lipinski definition) is 1. The summed E-state index contributed by atoms with van der Waals surface area (Å²) in [5.41, 5.74) is 0.844.